The van der Waals surface area contributed by atoms with E-state index in [1.165, 1.54) is 0 Å². The number of aryl methyl sites for hydroxylation is 2. The van der Waals surface area contributed by atoms with Gasteiger partial charge in [0.05, 0.1) is 10.0 Å². The van der Waals surface area contributed by atoms with Crippen LogP contribution in [0.1, 0.15) is 28.6 Å². The molecule has 2 aromatic rings. The molecule has 1 aliphatic heterocycles. The third-order valence-corrected chi connectivity index (χ3v) is 4.95. The van der Waals surface area contributed by atoms with Gasteiger partial charge < -0.3 is 14.2 Å². The van der Waals surface area contributed by atoms with Crippen LogP contribution < -0.4 is 0 Å². The molecule has 7 nitrogen and oxygen atoms in total. The molecule has 0 N–H and O–H groups in total. The van der Waals surface area contributed by atoms with Gasteiger partial charge in [0.1, 0.15) is 0 Å². The summed E-state index contributed by atoms with van der Waals surface area (Å²) >= 11 is 11.9. The van der Waals surface area contributed by atoms with Gasteiger partial charge in [0, 0.05) is 51.5 Å². The third-order valence-electron chi connectivity index (χ3n) is 4.21. The lowest BCUT2D eigenvalue weighted by Gasteiger charge is -2.34. The van der Waals surface area contributed by atoms with Crippen LogP contribution in [-0.4, -0.2) is 58.0 Å². The van der Waals surface area contributed by atoms with Gasteiger partial charge in [0.2, 0.25) is 17.7 Å². The van der Waals surface area contributed by atoms with Gasteiger partial charge in [0.15, 0.2) is 0 Å². The van der Waals surface area contributed by atoms with Crippen molar-refractivity contribution in [2.24, 2.45) is 0 Å². The van der Waals surface area contributed by atoms with Crippen LogP contribution in [0, 0.1) is 6.92 Å². The Bertz CT molecular complexity index is 816. The van der Waals surface area contributed by atoms with Crippen molar-refractivity contribution < 1.29 is 14.0 Å². The van der Waals surface area contributed by atoms with E-state index in [4.69, 9.17) is 27.6 Å². The number of aromatic nitrogens is 2. The molecule has 0 aliphatic carbocycles. The molecule has 26 heavy (non-hydrogen) atoms. The molecule has 0 atom stereocenters. The number of hydrogen-bond acceptors (Lipinski definition) is 5. The van der Waals surface area contributed by atoms with E-state index in [-0.39, 0.29) is 11.8 Å². The Balaban J connectivity index is 1.50. The lowest BCUT2D eigenvalue weighted by Crippen LogP contribution is -2.50. The predicted molar refractivity (Wildman–Crippen MR) is 96.3 cm³/mol. The van der Waals surface area contributed by atoms with Crippen LogP contribution >= 0.6 is 23.2 Å². The first-order chi connectivity index (χ1) is 12.4. The van der Waals surface area contributed by atoms with Crippen LogP contribution in [0.3, 0.4) is 0 Å². The van der Waals surface area contributed by atoms with E-state index >= 15 is 0 Å². The molecule has 0 radical (unpaired) electrons. The molecule has 1 fully saturated rings. The van der Waals surface area contributed by atoms with Gasteiger partial charge in [-0.2, -0.15) is 0 Å². The van der Waals surface area contributed by atoms with Crippen molar-refractivity contribution in [2.75, 3.05) is 26.2 Å². The van der Waals surface area contributed by atoms with E-state index in [1.807, 2.05) is 0 Å². The van der Waals surface area contributed by atoms with Gasteiger partial charge in [-0.3, -0.25) is 9.59 Å². The molecule has 9 heteroatoms. The maximum absolute atomic E-state index is 12.5. The Labute approximate surface area is 160 Å². The van der Waals surface area contributed by atoms with Crippen LogP contribution in [0.5, 0.6) is 0 Å². The Kier molecular flexibility index (Phi) is 5.78. The van der Waals surface area contributed by atoms with Gasteiger partial charge in [-0.05, 0) is 18.2 Å². The topological polar surface area (TPSA) is 79.5 Å². The first kappa shape index (κ1) is 18.7. The highest BCUT2D eigenvalue weighted by molar-refractivity contribution is 6.42. The summed E-state index contributed by atoms with van der Waals surface area (Å²) in [7, 11) is 0. The Hall–Kier alpha value is -2.12. The zero-order valence-corrected chi connectivity index (χ0v) is 15.8. The fraction of sp³-hybridized carbons (Fsp3) is 0.412. The molecule has 1 aromatic heterocycles. The molecule has 1 aliphatic rings. The molecule has 2 amide bonds. The average Bonchev–Trinajstić information content (AvgIpc) is 3.07. The quantitative estimate of drug-likeness (QED) is 0.793. The van der Waals surface area contributed by atoms with Crippen LogP contribution in [0.4, 0.5) is 0 Å². The zero-order valence-electron chi connectivity index (χ0n) is 14.2. The highest BCUT2D eigenvalue weighted by atomic mass is 35.5. The summed E-state index contributed by atoms with van der Waals surface area (Å²) in [6.45, 7) is 3.65. The standard InChI is InChI=1S/C17H18Cl2N4O3/c1-11-20-21-15(26-11)4-5-16(24)22-6-8-23(9-7-22)17(25)12-2-3-13(18)14(19)10-12/h2-3,10H,4-9H2,1H3. The van der Waals surface area contributed by atoms with E-state index in [1.54, 1.807) is 34.9 Å². The van der Waals surface area contributed by atoms with Crippen LogP contribution in [0.15, 0.2) is 22.6 Å². The number of carbonyl (C=O) groups is 2. The van der Waals surface area contributed by atoms with Crippen molar-refractivity contribution in [3.63, 3.8) is 0 Å². The number of benzene rings is 1. The normalized spacial score (nSPS) is 14.6. The van der Waals surface area contributed by atoms with Gasteiger partial charge in [0.25, 0.3) is 5.91 Å². The highest BCUT2D eigenvalue weighted by Crippen LogP contribution is 2.23. The number of hydrogen-bond donors (Lipinski definition) is 0. The third kappa shape index (κ3) is 4.34. The molecular weight excluding hydrogens is 379 g/mol. The van der Waals surface area contributed by atoms with Gasteiger partial charge in [-0.25, -0.2) is 0 Å². The molecule has 0 saturated carbocycles. The van der Waals surface area contributed by atoms with Crippen molar-refractivity contribution in [3.8, 4) is 0 Å². The van der Waals surface area contributed by atoms with Gasteiger partial charge in [-0.15, -0.1) is 10.2 Å². The Morgan fingerprint density at radius 1 is 1.08 bits per heavy atom. The maximum atomic E-state index is 12.5. The summed E-state index contributed by atoms with van der Waals surface area (Å²) in [5.41, 5.74) is 0.492. The van der Waals surface area contributed by atoms with E-state index < -0.39 is 0 Å². The lowest BCUT2D eigenvalue weighted by molar-refractivity contribution is -0.132. The number of piperazine rings is 1. The summed E-state index contributed by atoms with van der Waals surface area (Å²) in [6.07, 6.45) is 0.727. The molecule has 1 aromatic carbocycles. The Morgan fingerprint density at radius 3 is 2.38 bits per heavy atom. The number of carbonyl (C=O) groups excluding carboxylic acids is 2. The Morgan fingerprint density at radius 2 is 1.77 bits per heavy atom. The second-order valence-corrected chi connectivity index (χ2v) is 6.83. The summed E-state index contributed by atoms with van der Waals surface area (Å²) in [4.78, 5) is 28.3. The fourth-order valence-electron chi connectivity index (χ4n) is 2.78. The van der Waals surface area contributed by atoms with E-state index in [0.29, 0.717) is 66.4 Å². The molecule has 138 valence electrons. The molecule has 0 spiro atoms. The predicted octanol–water partition coefficient (Wildman–Crippen LogP) is 2.60. The highest BCUT2D eigenvalue weighted by Gasteiger charge is 2.25. The minimum atomic E-state index is -0.114. The first-order valence-electron chi connectivity index (χ1n) is 8.25. The van der Waals surface area contributed by atoms with Crippen LogP contribution in [-0.2, 0) is 11.2 Å². The van der Waals surface area contributed by atoms with Crippen molar-refractivity contribution >= 4 is 35.0 Å². The van der Waals surface area contributed by atoms with Gasteiger partial charge in [-0.1, -0.05) is 23.2 Å². The molecule has 3 rings (SSSR count). The molecule has 0 bridgehead atoms. The molecule has 2 heterocycles. The summed E-state index contributed by atoms with van der Waals surface area (Å²) in [5.74, 6) is 0.852. The number of halogens is 2. The first-order valence-corrected chi connectivity index (χ1v) is 9.00. The summed E-state index contributed by atoms with van der Waals surface area (Å²) < 4.78 is 5.27. The maximum Gasteiger partial charge on any atom is 0.254 e. The van der Waals surface area contributed by atoms with Crippen molar-refractivity contribution in [1.82, 2.24) is 20.0 Å². The second kappa shape index (κ2) is 8.05. The fourth-order valence-corrected chi connectivity index (χ4v) is 3.08. The lowest BCUT2D eigenvalue weighted by atomic mass is 10.1. The summed E-state index contributed by atoms with van der Waals surface area (Å²) in [5, 5.41) is 8.39. The van der Waals surface area contributed by atoms with E-state index in [2.05, 4.69) is 10.2 Å². The SMILES string of the molecule is Cc1nnc(CCC(=O)N2CCN(C(=O)c3ccc(Cl)c(Cl)c3)CC2)o1. The largest absolute Gasteiger partial charge is 0.426 e. The minimum absolute atomic E-state index is 0.0162. The van der Waals surface area contributed by atoms with Crippen molar-refractivity contribution in [1.29, 1.82) is 0 Å². The number of rotatable bonds is 4. The smallest absolute Gasteiger partial charge is 0.254 e. The molecule has 1 saturated heterocycles. The minimum Gasteiger partial charge on any atom is -0.426 e. The number of amides is 2. The summed E-state index contributed by atoms with van der Waals surface area (Å²) in [6, 6.07) is 4.83. The average molecular weight is 397 g/mol. The monoisotopic (exact) mass is 396 g/mol. The molecular formula is C17H18Cl2N4O3. The van der Waals surface area contributed by atoms with Crippen LogP contribution in [0.2, 0.25) is 10.0 Å². The van der Waals surface area contributed by atoms with Crippen LogP contribution in [0.25, 0.3) is 0 Å². The van der Waals surface area contributed by atoms with Crippen molar-refractivity contribution in [2.45, 2.75) is 19.8 Å². The van der Waals surface area contributed by atoms with Crippen molar-refractivity contribution in [3.05, 3.63) is 45.6 Å². The van der Waals surface area contributed by atoms with E-state index in [9.17, 15) is 9.59 Å². The number of nitrogens with zero attached hydrogens (tertiary/aromatic N) is 4. The van der Waals surface area contributed by atoms with E-state index in [0.717, 1.165) is 0 Å². The second-order valence-electron chi connectivity index (χ2n) is 6.02. The molecule has 0 unspecified atom stereocenters. The zero-order chi connectivity index (χ0) is 18.7. The van der Waals surface area contributed by atoms with Gasteiger partial charge >= 0.3 is 0 Å².